The standard InChI is InChI=1S/C20H15F3N4O2/c21-20(22,23)12-4-2-1-3-10(12)15-5-6-16(29-15)17-11-7-25-27-19(11)26-13-8-24-9-14(28)18(13)17/h1-7,17,24H,8-9H2,(H2,25,26,27). The number of ketones is 1. The van der Waals surface area contributed by atoms with E-state index in [1.807, 2.05) is 0 Å². The minimum atomic E-state index is -4.50. The van der Waals surface area contributed by atoms with Crippen LogP contribution in [0, 0.1) is 0 Å². The highest BCUT2D eigenvalue weighted by Gasteiger charge is 2.38. The van der Waals surface area contributed by atoms with Gasteiger partial charge in [-0.25, -0.2) is 0 Å². The number of carbonyl (C=O) groups excluding carboxylic acids is 1. The highest BCUT2D eigenvalue weighted by molar-refractivity contribution is 6.02. The lowest BCUT2D eigenvalue weighted by Gasteiger charge is -2.30. The minimum Gasteiger partial charge on any atom is -0.460 e. The number of aromatic nitrogens is 2. The molecule has 148 valence electrons. The fourth-order valence-corrected chi connectivity index (χ4v) is 3.92. The number of hydrogen-bond acceptors (Lipinski definition) is 5. The van der Waals surface area contributed by atoms with Gasteiger partial charge in [0.1, 0.15) is 17.3 Å². The molecule has 0 radical (unpaired) electrons. The molecular weight excluding hydrogens is 385 g/mol. The van der Waals surface area contributed by atoms with Crippen molar-refractivity contribution < 1.29 is 22.4 Å². The summed E-state index contributed by atoms with van der Waals surface area (Å²) in [7, 11) is 0. The lowest BCUT2D eigenvalue weighted by molar-refractivity contribution is -0.137. The quantitative estimate of drug-likeness (QED) is 0.611. The number of rotatable bonds is 2. The SMILES string of the molecule is O=C1CNCC2=C1C(c1ccc(-c3ccccc3C(F)(F)F)o1)c1cn[nH]c1N2. The van der Waals surface area contributed by atoms with Crippen LogP contribution in [0.5, 0.6) is 0 Å². The third kappa shape index (κ3) is 2.85. The Kier molecular flexibility index (Phi) is 3.88. The number of furan rings is 1. The molecule has 1 atom stereocenters. The number of anilines is 1. The number of carbonyl (C=O) groups is 1. The fourth-order valence-electron chi connectivity index (χ4n) is 3.92. The van der Waals surface area contributed by atoms with Crippen LogP contribution in [0.2, 0.25) is 0 Å². The van der Waals surface area contributed by atoms with Gasteiger partial charge in [0.2, 0.25) is 0 Å². The fraction of sp³-hybridized carbons (Fsp3) is 0.200. The van der Waals surface area contributed by atoms with Crippen molar-refractivity contribution in [2.24, 2.45) is 0 Å². The van der Waals surface area contributed by atoms with E-state index in [1.54, 1.807) is 12.3 Å². The number of fused-ring (bicyclic) bond motifs is 1. The normalized spacial score (nSPS) is 19.0. The molecule has 2 aromatic heterocycles. The number of aromatic amines is 1. The molecule has 4 heterocycles. The second-order valence-corrected chi connectivity index (χ2v) is 6.92. The Morgan fingerprint density at radius 3 is 2.76 bits per heavy atom. The summed E-state index contributed by atoms with van der Waals surface area (Å²) in [6.07, 6.45) is -2.91. The second-order valence-electron chi connectivity index (χ2n) is 6.92. The molecule has 0 fully saturated rings. The minimum absolute atomic E-state index is 0.0431. The van der Waals surface area contributed by atoms with E-state index in [2.05, 4.69) is 20.8 Å². The first-order chi connectivity index (χ1) is 13.9. The Morgan fingerprint density at radius 2 is 1.93 bits per heavy atom. The van der Waals surface area contributed by atoms with Crippen LogP contribution in [-0.4, -0.2) is 29.1 Å². The molecule has 0 aliphatic carbocycles. The average molecular weight is 400 g/mol. The van der Waals surface area contributed by atoms with Gasteiger partial charge in [-0.3, -0.25) is 9.89 Å². The largest absolute Gasteiger partial charge is 0.460 e. The summed E-state index contributed by atoms with van der Waals surface area (Å²) in [5.41, 5.74) is 1.15. The number of Topliss-reactive ketones (excluding diaryl/α,β-unsaturated/α-hetero) is 1. The van der Waals surface area contributed by atoms with Crippen LogP contribution in [0.3, 0.4) is 0 Å². The van der Waals surface area contributed by atoms with Crippen LogP contribution >= 0.6 is 0 Å². The molecule has 0 spiro atoms. The Hall–Kier alpha value is -3.33. The van der Waals surface area contributed by atoms with Crippen LogP contribution < -0.4 is 10.6 Å². The third-order valence-electron chi connectivity index (χ3n) is 5.17. The second kappa shape index (κ2) is 6.35. The van der Waals surface area contributed by atoms with Gasteiger partial charge in [0.25, 0.3) is 0 Å². The van der Waals surface area contributed by atoms with Crippen molar-refractivity contribution >= 4 is 11.6 Å². The van der Waals surface area contributed by atoms with Crippen LogP contribution in [-0.2, 0) is 11.0 Å². The zero-order valence-electron chi connectivity index (χ0n) is 14.9. The summed E-state index contributed by atoms with van der Waals surface area (Å²) in [6, 6.07) is 8.39. The molecule has 1 unspecified atom stereocenters. The Labute approximate surface area is 162 Å². The van der Waals surface area contributed by atoms with E-state index >= 15 is 0 Å². The van der Waals surface area contributed by atoms with Crippen LogP contribution in [0.1, 0.15) is 22.8 Å². The van der Waals surface area contributed by atoms with Gasteiger partial charge in [0, 0.05) is 28.9 Å². The monoisotopic (exact) mass is 400 g/mol. The number of benzene rings is 1. The van der Waals surface area contributed by atoms with E-state index in [4.69, 9.17) is 4.42 Å². The molecule has 1 aromatic carbocycles. The molecule has 2 aliphatic rings. The summed E-state index contributed by atoms with van der Waals surface area (Å²) >= 11 is 0. The lowest BCUT2D eigenvalue weighted by Crippen LogP contribution is -2.39. The Morgan fingerprint density at radius 1 is 1.10 bits per heavy atom. The third-order valence-corrected chi connectivity index (χ3v) is 5.17. The molecule has 29 heavy (non-hydrogen) atoms. The van der Waals surface area contributed by atoms with E-state index in [9.17, 15) is 18.0 Å². The van der Waals surface area contributed by atoms with E-state index in [0.29, 0.717) is 35.0 Å². The summed E-state index contributed by atoms with van der Waals surface area (Å²) in [6.45, 7) is 0.662. The predicted molar refractivity (Wildman–Crippen MR) is 98.1 cm³/mol. The first kappa shape index (κ1) is 17.7. The van der Waals surface area contributed by atoms with Gasteiger partial charge in [-0.05, 0) is 18.2 Å². The predicted octanol–water partition coefficient (Wildman–Crippen LogP) is 3.67. The van der Waals surface area contributed by atoms with Crippen molar-refractivity contribution in [2.75, 3.05) is 18.4 Å². The molecule has 5 rings (SSSR count). The molecule has 3 aromatic rings. The molecule has 0 amide bonds. The molecular formula is C20H15F3N4O2. The maximum atomic E-state index is 13.4. The van der Waals surface area contributed by atoms with Gasteiger partial charge < -0.3 is 15.1 Å². The first-order valence-electron chi connectivity index (χ1n) is 8.97. The van der Waals surface area contributed by atoms with Gasteiger partial charge in [-0.2, -0.15) is 18.3 Å². The van der Waals surface area contributed by atoms with Gasteiger partial charge in [-0.15, -0.1) is 0 Å². The van der Waals surface area contributed by atoms with Gasteiger partial charge in [-0.1, -0.05) is 18.2 Å². The lowest BCUT2D eigenvalue weighted by atomic mass is 9.82. The molecule has 3 N–H and O–H groups in total. The summed E-state index contributed by atoms with van der Waals surface area (Å²) < 4.78 is 46.1. The summed E-state index contributed by atoms with van der Waals surface area (Å²) in [5, 5.41) is 13.1. The number of H-pyrrole nitrogens is 1. The van der Waals surface area contributed by atoms with Crippen LogP contribution in [0.4, 0.5) is 19.0 Å². The van der Waals surface area contributed by atoms with E-state index in [-0.39, 0.29) is 23.7 Å². The number of nitrogens with one attached hydrogen (secondary N) is 3. The average Bonchev–Trinajstić information content (AvgIpc) is 3.35. The van der Waals surface area contributed by atoms with E-state index in [1.165, 1.54) is 24.3 Å². The number of hydrogen-bond donors (Lipinski definition) is 3. The maximum absolute atomic E-state index is 13.4. The molecule has 0 saturated heterocycles. The molecule has 6 nitrogen and oxygen atoms in total. The highest BCUT2D eigenvalue weighted by atomic mass is 19.4. The number of nitrogens with zero attached hydrogens (tertiary/aromatic N) is 1. The van der Waals surface area contributed by atoms with Crippen molar-refractivity contribution in [3.63, 3.8) is 0 Å². The topological polar surface area (TPSA) is 83.0 Å². The van der Waals surface area contributed by atoms with Crippen molar-refractivity contribution in [2.45, 2.75) is 12.1 Å². The Bertz CT molecular complexity index is 1140. The van der Waals surface area contributed by atoms with E-state index in [0.717, 1.165) is 6.07 Å². The molecule has 0 saturated carbocycles. The zero-order chi connectivity index (χ0) is 20.2. The van der Waals surface area contributed by atoms with E-state index < -0.39 is 17.7 Å². The molecule has 0 bridgehead atoms. The van der Waals surface area contributed by atoms with Gasteiger partial charge in [0.15, 0.2) is 5.78 Å². The maximum Gasteiger partial charge on any atom is 0.417 e. The van der Waals surface area contributed by atoms with Crippen LogP contribution in [0.25, 0.3) is 11.3 Å². The molecule has 9 heteroatoms. The number of halogens is 3. The van der Waals surface area contributed by atoms with Crippen molar-refractivity contribution in [3.8, 4) is 11.3 Å². The van der Waals surface area contributed by atoms with Gasteiger partial charge in [0.05, 0.1) is 24.2 Å². The van der Waals surface area contributed by atoms with Crippen molar-refractivity contribution in [1.29, 1.82) is 0 Å². The van der Waals surface area contributed by atoms with Gasteiger partial charge >= 0.3 is 6.18 Å². The van der Waals surface area contributed by atoms with Crippen molar-refractivity contribution in [3.05, 3.63) is 70.8 Å². The summed E-state index contributed by atoms with van der Waals surface area (Å²) in [5.74, 6) is 0.494. The highest BCUT2D eigenvalue weighted by Crippen LogP contribution is 2.44. The Balaban J connectivity index is 1.63. The summed E-state index contributed by atoms with van der Waals surface area (Å²) in [4.78, 5) is 12.6. The number of alkyl halides is 3. The first-order valence-corrected chi connectivity index (χ1v) is 8.97. The zero-order valence-corrected chi connectivity index (χ0v) is 14.9. The molecule has 2 aliphatic heterocycles. The van der Waals surface area contributed by atoms with Crippen molar-refractivity contribution in [1.82, 2.24) is 15.5 Å². The van der Waals surface area contributed by atoms with Crippen LogP contribution in [0.15, 0.2) is 58.3 Å². The smallest absolute Gasteiger partial charge is 0.417 e.